The summed E-state index contributed by atoms with van der Waals surface area (Å²) in [5.41, 5.74) is 4.74. The highest BCUT2D eigenvalue weighted by Crippen LogP contribution is 2.27. The number of fused-ring (bicyclic) bond motifs is 1. The van der Waals surface area contributed by atoms with Gasteiger partial charge in [0.2, 0.25) is 0 Å². The lowest BCUT2D eigenvalue weighted by Gasteiger charge is -2.12. The Morgan fingerprint density at radius 3 is 2.71 bits per heavy atom. The molecule has 0 bridgehead atoms. The Balaban J connectivity index is 2.16. The van der Waals surface area contributed by atoms with Crippen molar-refractivity contribution in [3.05, 3.63) is 63.0 Å². The number of imidazole rings is 1. The zero-order valence-electron chi connectivity index (χ0n) is 12.0. The molecule has 0 aliphatic rings. The van der Waals surface area contributed by atoms with Gasteiger partial charge in [-0.15, -0.1) is 11.6 Å². The molecule has 0 aliphatic heterocycles. The van der Waals surface area contributed by atoms with E-state index in [1.54, 1.807) is 0 Å². The van der Waals surface area contributed by atoms with E-state index in [0.29, 0.717) is 0 Å². The van der Waals surface area contributed by atoms with E-state index in [0.717, 1.165) is 23.4 Å². The predicted octanol–water partition coefficient (Wildman–Crippen LogP) is 5.30. The van der Waals surface area contributed by atoms with Crippen LogP contribution in [0.4, 0.5) is 0 Å². The van der Waals surface area contributed by atoms with Gasteiger partial charge in [-0.2, -0.15) is 0 Å². The molecule has 108 valence electrons. The number of nitrogens with zero attached hydrogens (tertiary/aromatic N) is 2. The zero-order chi connectivity index (χ0) is 15.0. The largest absolute Gasteiger partial charge is 0.322 e. The summed E-state index contributed by atoms with van der Waals surface area (Å²) < 4.78 is 3.42. The SMILES string of the molecule is Cc1ccccc1Cn1c(C(C)Cl)nc2cc(I)ccc21. The molecule has 0 saturated carbocycles. The number of hydrogen-bond acceptors (Lipinski definition) is 1. The molecule has 0 saturated heterocycles. The first-order valence-electron chi connectivity index (χ1n) is 6.90. The molecule has 1 heterocycles. The van der Waals surface area contributed by atoms with Crippen LogP contribution in [-0.4, -0.2) is 9.55 Å². The Bertz CT molecular complexity index is 793. The number of halogens is 2. The average Bonchev–Trinajstić information content (AvgIpc) is 2.79. The van der Waals surface area contributed by atoms with Crippen LogP contribution in [-0.2, 0) is 6.54 Å². The van der Waals surface area contributed by atoms with Crippen molar-refractivity contribution in [2.75, 3.05) is 0 Å². The van der Waals surface area contributed by atoms with Crippen molar-refractivity contribution in [2.24, 2.45) is 0 Å². The Labute approximate surface area is 143 Å². The quantitative estimate of drug-likeness (QED) is 0.423. The molecule has 1 aromatic heterocycles. The van der Waals surface area contributed by atoms with E-state index in [1.807, 2.05) is 6.92 Å². The van der Waals surface area contributed by atoms with Gasteiger partial charge in [0, 0.05) is 10.1 Å². The summed E-state index contributed by atoms with van der Waals surface area (Å²) in [4.78, 5) is 4.73. The maximum absolute atomic E-state index is 6.34. The van der Waals surface area contributed by atoms with Crippen LogP contribution in [0.15, 0.2) is 42.5 Å². The van der Waals surface area contributed by atoms with Crippen molar-refractivity contribution < 1.29 is 0 Å². The molecule has 1 atom stereocenters. The summed E-state index contributed by atoms with van der Waals surface area (Å²) in [5.74, 6) is 0.928. The molecule has 2 nitrogen and oxygen atoms in total. The third-order valence-electron chi connectivity index (χ3n) is 3.69. The van der Waals surface area contributed by atoms with E-state index >= 15 is 0 Å². The Morgan fingerprint density at radius 2 is 2.00 bits per heavy atom. The summed E-state index contributed by atoms with van der Waals surface area (Å²) in [5, 5.41) is -0.112. The first-order chi connectivity index (χ1) is 10.1. The molecular weight excluding hydrogens is 395 g/mol. The van der Waals surface area contributed by atoms with E-state index in [9.17, 15) is 0 Å². The van der Waals surface area contributed by atoms with E-state index in [1.165, 1.54) is 14.7 Å². The van der Waals surface area contributed by atoms with Gasteiger partial charge in [-0.05, 0) is 65.8 Å². The summed E-state index contributed by atoms with van der Waals surface area (Å²) in [6, 6.07) is 14.8. The number of benzene rings is 2. The van der Waals surface area contributed by atoms with Crippen LogP contribution in [0.2, 0.25) is 0 Å². The summed E-state index contributed by atoms with van der Waals surface area (Å²) >= 11 is 8.65. The van der Waals surface area contributed by atoms with Gasteiger partial charge >= 0.3 is 0 Å². The highest BCUT2D eigenvalue weighted by Gasteiger charge is 2.15. The molecule has 0 fully saturated rings. The third kappa shape index (κ3) is 2.94. The molecule has 0 N–H and O–H groups in total. The monoisotopic (exact) mass is 410 g/mol. The Morgan fingerprint density at radius 1 is 1.24 bits per heavy atom. The van der Waals surface area contributed by atoms with Crippen molar-refractivity contribution in [1.82, 2.24) is 9.55 Å². The summed E-state index contributed by atoms with van der Waals surface area (Å²) in [7, 11) is 0. The Kier molecular flexibility index (Phi) is 4.22. The minimum absolute atomic E-state index is 0.112. The van der Waals surface area contributed by atoms with Crippen LogP contribution in [0.1, 0.15) is 29.3 Å². The van der Waals surface area contributed by atoms with Crippen molar-refractivity contribution in [3.8, 4) is 0 Å². The number of rotatable bonds is 3. The van der Waals surface area contributed by atoms with Crippen LogP contribution >= 0.6 is 34.2 Å². The van der Waals surface area contributed by atoms with E-state index in [2.05, 4.69) is 76.5 Å². The second kappa shape index (κ2) is 5.97. The number of aromatic nitrogens is 2. The molecule has 4 heteroatoms. The van der Waals surface area contributed by atoms with E-state index in [-0.39, 0.29) is 5.38 Å². The lowest BCUT2D eigenvalue weighted by atomic mass is 10.1. The molecule has 0 amide bonds. The topological polar surface area (TPSA) is 17.8 Å². The standard InChI is InChI=1S/C17H16ClIN2/c1-11-5-3-4-6-13(11)10-21-16-8-7-14(19)9-15(16)20-17(21)12(2)18/h3-9,12H,10H2,1-2H3. The maximum atomic E-state index is 6.34. The molecular formula is C17H16ClIN2. The minimum atomic E-state index is -0.112. The van der Waals surface area contributed by atoms with Crippen LogP contribution in [0, 0.1) is 10.5 Å². The highest BCUT2D eigenvalue weighted by atomic mass is 127. The van der Waals surface area contributed by atoms with Gasteiger partial charge in [-0.1, -0.05) is 24.3 Å². The van der Waals surface area contributed by atoms with Crippen LogP contribution in [0.25, 0.3) is 11.0 Å². The molecule has 0 spiro atoms. The number of aryl methyl sites for hydroxylation is 1. The van der Waals surface area contributed by atoms with Gasteiger partial charge in [-0.25, -0.2) is 4.98 Å². The number of alkyl halides is 1. The normalized spacial score (nSPS) is 12.8. The highest BCUT2D eigenvalue weighted by molar-refractivity contribution is 14.1. The molecule has 0 radical (unpaired) electrons. The van der Waals surface area contributed by atoms with Crippen molar-refractivity contribution in [1.29, 1.82) is 0 Å². The van der Waals surface area contributed by atoms with Gasteiger partial charge in [0.05, 0.1) is 16.4 Å². The van der Waals surface area contributed by atoms with E-state index < -0.39 is 0 Å². The van der Waals surface area contributed by atoms with Gasteiger partial charge < -0.3 is 4.57 Å². The smallest absolute Gasteiger partial charge is 0.128 e. The molecule has 3 rings (SSSR count). The van der Waals surface area contributed by atoms with Crippen molar-refractivity contribution in [3.63, 3.8) is 0 Å². The van der Waals surface area contributed by atoms with Gasteiger partial charge in [0.1, 0.15) is 5.82 Å². The fourth-order valence-corrected chi connectivity index (χ4v) is 3.19. The molecule has 1 unspecified atom stereocenters. The first-order valence-corrected chi connectivity index (χ1v) is 8.42. The third-order valence-corrected chi connectivity index (χ3v) is 4.55. The van der Waals surface area contributed by atoms with E-state index in [4.69, 9.17) is 16.6 Å². The van der Waals surface area contributed by atoms with Crippen LogP contribution in [0.5, 0.6) is 0 Å². The summed E-state index contributed by atoms with van der Waals surface area (Å²) in [6.45, 7) is 4.92. The van der Waals surface area contributed by atoms with Crippen LogP contribution < -0.4 is 0 Å². The minimum Gasteiger partial charge on any atom is -0.322 e. The summed E-state index contributed by atoms with van der Waals surface area (Å²) in [6.07, 6.45) is 0. The molecule has 21 heavy (non-hydrogen) atoms. The second-order valence-corrected chi connectivity index (χ2v) is 7.13. The van der Waals surface area contributed by atoms with Crippen LogP contribution in [0.3, 0.4) is 0 Å². The van der Waals surface area contributed by atoms with Gasteiger partial charge in [-0.3, -0.25) is 0 Å². The Hall–Kier alpha value is -1.07. The van der Waals surface area contributed by atoms with Crippen molar-refractivity contribution >= 4 is 45.2 Å². The van der Waals surface area contributed by atoms with Gasteiger partial charge in [0.25, 0.3) is 0 Å². The fraction of sp³-hybridized carbons (Fsp3) is 0.235. The molecule has 3 aromatic rings. The van der Waals surface area contributed by atoms with Crippen molar-refractivity contribution in [2.45, 2.75) is 25.8 Å². The zero-order valence-corrected chi connectivity index (χ0v) is 14.9. The predicted molar refractivity (Wildman–Crippen MR) is 97.0 cm³/mol. The molecule has 2 aromatic carbocycles. The second-order valence-electron chi connectivity index (χ2n) is 5.23. The number of hydrogen-bond donors (Lipinski definition) is 0. The fourth-order valence-electron chi connectivity index (χ4n) is 2.55. The maximum Gasteiger partial charge on any atom is 0.128 e. The van der Waals surface area contributed by atoms with Gasteiger partial charge in [0.15, 0.2) is 0 Å². The molecule has 0 aliphatic carbocycles. The lowest BCUT2D eigenvalue weighted by molar-refractivity contribution is 0.739. The first kappa shape index (κ1) is 14.9. The average molecular weight is 411 g/mol. The lowest BCUT2D eigenvalue weighted by Crippen LogP contribution is -2.06.